The molecule has 11 heteroatoms. The molecule has 0 saturated heterocycles. The van der Waals surface area contributed by atoms with Crippen molar-refractivity contribution in [2.75, 3.05) is 13.1 Å². The molecular formula is C29H40N4O5S2. The lowest BCUT2D eigenvalue weighted by Gasteiger charge is -2.31. The predicted octanol–water partition coefficient (Wildman–Crippen LogP) is 3.73. The fourth-order valence-corrected chi connectivity index (χ4v) is 6.82. The lowest BCUT2D eigenvalue weighted by atomic mass is 9.98. The van der Waals surface area contributed by atoms with Crippen LogP contribution in [0.3, 0.4) is 0 Å². The maximum absolute atomic E-state index is 13.8. The van der Waals surface area contributed by atoms with E-state index >= 15 is 0 Å². The number of nitrogens with zero attached hydrogens (tertiary/aromatic N) is 2. The highest BCUT2D eigenvalue weighted by molar-refractivity contribution is 7.89. The van der Waals surface area contributed by atoms with E-state index in [1.807, 2.05) is 51.1 Å². The molecule has 2 aromatic carbocycles. The minimum Gasteiger partial charge on any atom is -0.390 e. The van der Waals surface area contributed by atoms with Crippen LogP contribution in [-0.2, 0) is 26.0 Å². The van der Waals surface area contributed by atoms with E-state index in [1.165, 1.54) is 22.6 Å². The smallest absolute Gasteiger partial charge is 0.243 e. The van der Waals surface area contributed by atoms with E-state index in [1.54, 1.807) is 23.7 Å². The molecule has 1 heterocycles. The number of fused-ring (bicyclic) bond motifs is 1. The van der Waals surface area contributed by atoms with Crippen molar-refractivity contribution in [3.63, 3.8) is 0 Å². The molecule has 0 aliphatic carbocycles. The predicted molar refractivity (Wildman–Crippen MR) is 158 cm³/mol. The summed E-state index contributed by atoms with van der Waals surface area (Å²) < 4.78 is 29.7. The molecule has 0 spiro atoms. The van der Waals surface area contributed by atoms with E-state index in [2.05, 4.69) is 15.6 Å². The highest BCUT2D eigenvalue weighted by Crippen LogP contribution is 2.25. The number of rotatable bonds is 15. The molecule has 2 unspecified atom stereocenters. The summed E-state index contributed by atoms with van der Waals surface area (Å²) in [5.41, 5.74) is 3.28. The van der Waals surface area contributed by atoms with Crippen LogP contribution in [0, 0.1) is 5.92 Å². The number of carbonyl (C=O) groups excluding carboxylic acids is 2. The summed E-state index contributed by atoms with van der Waals surface area (Å²) in [7, 11) is -3.94. The Balaban J connectivity index is 1.90. The van der Waals surface area contributed by atoms with Crippen LogP contribution in [0.5, 0.6) is 0 Å². The van der Waals surface area contributed by atoms with Crippen molar-refractivity contribution in [2.45, 2.75) is 76.5 Å². The van der Waals surface area contributed by atoms with Gasteiger partial charge in [0, 0.05) is 20.0 Å². The molecule has 3 N–H and O–H groups in total. The molecule has 0 bridgehead atoms. The van der Waals surface area contributed by atoms with Gasteiger partial charge in [-0.2, -0.15) is 4.31 Å². The van der Waals surface area contributed by atoms with Gasteiger partial charge in [0.25, 0.3) is 0 Å². The molecule has 0 aliphatic heterocycles. The topological polar surface area (TPSA) is 129 Å². The molecule has 0 fully saturated rings. The molecule has 218 valence electrons. The first-order chi connectivity index (χ1) is 19.0. The quantitative estimate of drug-likeness (QED) is 0.232. The molecule has 0 aliphatic rings. The zero-order valence-electron chi connectivity index (χ0n) is 23.5. The Bertz CT molecular complexity index is 1360. The Kier molecular flexibility index (Phi) is 11.6. The average Bonchev–Trinajstić information content (AvgIpc) is 3.39. The second kappa shape index (κ2) is 14.7. The van der Waals surface area contributed by atoms with Crippen molar-refractivity contribution in [1.82, 2.24) is 19.9 Å². The van der Waals surface area contributed by atoms with Crippen molar-refractivity contribution in [2.24, 2.45) is 5.92 Å². The molecule has 0 saturated carbocycles. The summed E-state index contributed by atoms with van der Waals surface area (Å²) in [5.74, 6) is -0.952. The second-order valence-electron chi connectivity index (χ2n) is 10.3. The summed E-state index contributed by atoms with van der Waals surface area (Å²) in [6.45, 7) is 7.08. The van der Waals surface area contributed by atoms with Crippen LogP contribution in [0.25, 0.3) is 10.2 Å². The number of hydrogen-bond acceptors (Lipinski definition) is 7. The van der Waals surface area contributed by atoms with Gasteiger partial charge in [-0.3, -0.25) is 9.59 Å². The zero-order valence-corrected chi connectivity index (χ0v) is 25.2. The number of thiazole rings is 1. The number of aromatic nitrogens is 1. The van der Waals surface area contributed by atoms with Gasteiger partial charge in [-0.15, -0.1) is 11.3 Å². The summed E-state index contributed by atoms with van der Waals surface area (Å²) in [6.07, 6.45) is 1.47. The number of unbranched alkanes of at least 4 members (excludes halogenated alkanes) is 2. The van der Waals surface area contributed by atoms with Crippen molar-refractivity contribution in [3.8, 4) is 0 Å². The first-order valence-electron chi connectivity index (χ1n) is 13.7. The van der Waals surface area contributed by atoms with Crippen LogP contribution in [0.15, 0.2) is 58.9 Å². The molecule has 3 aromatic rings. The third-order valence-electron chi connectivity index (χ3n) is 6.74. The zero-order chi connectivity index (χ0) is 29.3. The maximum atomic E-state index is 13.8. The van der Waals surface area contributed by atoms with Gasteiger partial charge in [0.05, 0.1) is 32.8 Å². The minimum atomic E-state index is -3.94. The molecule has 3 atom stereocenters. The van der Waals surface area contributed by atoms with E-state index in [4.69, 9.17) is 0 Å². The van der Waals surface area contributed by atoms with Crippen LogP contribution in [0.4, 0.5) is 0 Å². The molecule has 1 aromatic heterocycles. The van der Waals surface area contributed by atoms with Gasteiger partial charge >= 0.3 is 0 Å². The van der Waals surface area contributed by atoms with Gasteiger partial charge in [-0.25, -0.2) is 13.4 Å². The molecule has 3 rings (SSSR count). The van der Waals surface area contributed by atoms with E-state index in [0.29, 0.717) is 6.42 Å². The second-order valence-corrected chi connectivity index (χ2v) is 13.2. The number of sulfonamides is 1. The number of aliphatic hydroxyl groups excluding tert-OH is 1. The first kappa shape index (κ1) is 31.7. The summed E-state index contributed by atoms with van der Waals surface area (Å²) in [5, 5.41) is 17.1. The van der Waals surface area contributed by atoms with E-state index in [-0.39, 0.29) is 36.2 Å². The number of aliphatic hydroxyl groups is 1. The Hall–Kier alpha value is -2.86. The molecule has 2 amide bonds. The van der Waals surface area contributed by atoms with E-state index in [9.17, 15) is 23.1 Å². The fraction of sp³-hybridized carbons (Fsp3) is 0.483. The highest BCUT2D eigenvalue weighted by atomic mass is 32.2. The van der Waals surface area contributed by atoms with Crippen LogP contribution < -0.4 is 10.6 Å². The van der Waals surface area contributed by atoms with Gasteiger partial charge in [0.15, 0.2) is 0 Å². The van der Waals surface area contributed by atoms with Crippen molar-refractivity contribution in [1.29, 1.82) is 0 Å². The SMILES string of the molecule is CCCCCN(CC(O)C(Cc1ccccc1)NC(=O)[C@@H](NC(C)=O)C(C)C)S(=O)(=O)c1ccc2ncsc2c1. The van der Waals surface area contributed by atoms with Crippen LogP contribution in [0.1, 0.15) is 52.5 Å². The molecule has 40 heavy (non-hydrogen) atoms. The number of amides is 2. The summed E-state index contributed by atoms with van der Waals surface area (Å²) in [4.78, 5) is 29.4. The Labute approximate surface area is 241 Å². The standard InChI is InChI=1S/C29H40N4O5S2/c1-5-6-10-15-33(40(37,38)23-13-14-24-27(17-23)39-19-30-24)18-26(35)25(16-22-11-8-7-9-12-22)32-29(36)28(20(2)3)31-21(4)34/h7-9,11-14,17,19-20,25-26,28,35H,5-6,10,15-16,18H2,1-4H3,(H,31,34)(H,32,36)/t25?,26?,28-/m0/s1. The maximum Gasteiger partial charge on any atom is 0.243 e. The monoisotopic (exact) mass is 588 g/mol. The normalized spacial score (nSPS) is 14.3. The Morgan fingerprint density at radius 1 is 1.07 bits per heavy atom. The highest BCUT2D eigenvalue weighted by Gasteiger charge is 2.33. The number of benzene rings is 2. The fourth-order valence-electron chi connectivity index (χ4n) is 4.51. The van der Waals surface area contributed by atoms with Gasteiger partial charge in [0.1, 0.15) is 6.04 Å². The Morgan fingerprint density at radius 3 is 2.45 bits per heavy atom. The van der Waals surface area contributed by atoms with Gasteiger partial charge < -0.3 is 15.7 Å². The van der Waals surface area contributed by atoms with Crippen molar-refractivity contribution < 1.29 is 23.1 Å². The minimum absolute atomic E-state index is 0.141. The van der Waals surface area contributed by atoms with Gasteiger partial charge in [-0.1, -0.05) is 63.9 Å². The molecular weight excluding hydrogens is 548 g/mol. The lowest BCUT2D eigenvalue weighted by molar-refractivity contribution is -0.130. The van der Waals surface area contributed by atoms with E-state index in [0.717, 1.165) is 28.6 Å². The first-order valence-corrected chi connectivity index (χ1v) is 16.0. The Morgan fingerprint density at radius 2 is 1.80 bits per heavy atom. The summed E-state index contributed by atoms with van der Waals surface area (Å²) >= 11 is 1.37. The van der Waals surface area contributed by atoms with Gasteiger partial charge in [-0.05, 0) is 42.5 Å². The largest absolute Gasteiger partial charge is 0.390 e. The third-order valence-corrected chi connectivity index (χ3v) is 9.39. The summed E-state index contributed by atoms with van der Waals surface area (Å²) in [6, 6.07) is 12.6. The van der Waals surface area contributed by atoms with Crippen LogP contribution in [0.2, 0.25) is 0 Å². The third kappa shape index (κ3) is 8.57. The average molecular weight is 589 g/mol. The molecule has 9 nitrogen and oxygen atoms in total. The number of carbonyl (C=O) groups is 2. The van der Waals surface area contributed by atoms with Crippen LogP contribution in [-0.4, -0.2) is 65.9 Å². The van der Waals surface area contributed by atoms with Crippen molar-refractivity contribution in [3.05, 3.63) is 59.6 Å². The number of hydrogen-bond donors (Lipinski definition) is 3. The van der Waals surface area contributed by atoms with E-state index < -0.39 is 34.1 Å². The van der Waals surface area contributed by atoms with Crippen LogP contribution >= 0.6 is 11.3 Å². The van der Waals surface area contributed by atoms with Gasteiger partial charge in [0.2, 0.25) is 21.8 Å². The molecule has 0 radical (unpaired) electrons. The number of nitrogens with one attached hydrogen (secondary N) is 2. The van der Waals surface area contributed by atoms with Crippen molar-refractivity contribution >= 4 is 43.4 Å². The lowest BCUT2D eigenvalue weighted by Crippen LogP contribution is -2.56.